The lowest BCUT2D eigenvalue weighted by molar-refractivity contribution is 0.407. The van der Waals surface area contributed by atoms with E-state index >= 15 is 0 Å². The molecule has 1 nitrogen and oxygen atoms in total. The molecule has 2 heteroatoms. The van der Waals surface area contributed by atoms with Crippen LogP contribution in [-0.2, 0) is 0 Å². The monoisotopic (exact) mass is 216 g/mol. The number of hydrogen-bond donors (Lipinski definition) is 1. The van der Waals surface area contributed by atoms with Crippen molar-refractivity contribution in [3.8, 4) is 16.9 Å². The van der Waals surface area contributed by atoms with Crippen molar-refractivity contribution in [1.29, 1.82) is 0 Å². The van der Waals surface area contributed by atoms with Crippen LogP contribution >= 0.6 is 12.6 Å². The van der Waals surface area contributed by atoms with Gasteiger partial charge in [-0.2, -0.15) is 0 Å². The molecule has 0 aromatic heterocycles. The highest BCUT2D eigenvalue weighted by Crippen LogP contribution is 2.34. The van der Waals surface area contributed by atoms with Gasteiger partial charge >= 0.3 is 0 Å². The van der Waals surface area contributed by atoms with Gasteiger partial charge in [-0.05, 0) is 11.6 Å². The number of ether oxygens (including phenoxy) is 1. The van der Waals surface area contributed by atoms with Gasteiger partial charge in [0.1, 0.15) is 5.75 Å². The zero-order chi connectivity index (χ0) is 10.7. The molecule has 0 fully saturated rings. The van der Waals surface area contributed by atoms with Crippen LogP contribution < -0.4 is 4.74 Å². The first-order valence-electron chi connectivity index (χ1n) is 4.74. The minimum Gasteiger partial charge on any atom is -0.495 e. The molecule has 15 heavy (non-hydrogen) atoms. The van der Waals surface area contributed by atoms with Crippen LogP contribution in [0.3, 0.4) is 0 Å². The molecule has 2 aromatic rings. The number of methoxy groups -OCH3 is 1. The average molecular weight is 216 g/mol. The molecule has 0 atom stereocenters. The topological polar surface area (TPSA) is 9.23 Å². The maximum absolute atomic E-state index is 5.35. The summed E-state index contributed by atoms with van der Waals surface area (Å²) in [6.45, 7) is 0. The fourth-order valence-corrected chi connectivity index (χ4v) is 1.88. The first-order valence-corrected chi connectivity index (χ1v) is 5.19. The number of benzene rings is 2. The zero-order valence-electron chi connectivity index (χ0n) is 8.47. The van der Waals surface area contributed by atoms with Crippen LogP contribution in [0.25, 0.3) is 11.1 Å². The Bertz CT molecular complexity index is 451. The van der Waals surface area contributed by atoms with E-state index in [2.05, 4.69) is 24.8 Å². The summed E-state index contributed by atoms with van der Waals surface area (Å²) in [6, 6.07) is 16.1. The van der Waals surface area contributed by atoms with Crippen LogP contribution in [0.15, 0.2) is 53.4 Å². The third kappa shape index (κ3) is 2.00. The summed E-state index contributed by atoms with van der Waals surface area (Å²) in [4.78, 5) is 0.860. The molecule has 0 spiro atoms. The summed E-state index contributed by atoms with van der Waals surface area (Å²) >= 11 is 4.37. The molecule has 0 aliphatic heterocycles. The largest absolute Gasteiger partial charge is 0.495 e. The summed E-state index contributed by atoms with van der Waals surface area (Å²) in [5, 5.41) is 0. The lowest BCUT2D eigenvalue weighted by atomic mass is 10.1. The second kappa shape index (κ2) is 4.41. The van der Waals surface area contributed by atoms with E-state index in [0.29, 0.717) is 0 Å². The van der Waals surface area contributed by atoms with Crippen LogP contribution in [0, 0.1) is 0 Å². The lowest BCUT2D eigenvalue weighted by Gasteiger charge is -2.10. The van der Waals surface area contributed by atoms with E-state index < -0.39 is 0 Å². The van der Waals surface area contributed by atoms with Gasteiger partial charge in [0.05, 0.1) is 7.11 Å². The van der Waals surface area contributed by atoms with Crippen molar-refractivity contribution in [1.82, 2.24) is 0 Å². The fraction of sp³-hybridized carbons (Fsp3) is 0.0769. The molecule has 0 bridgehead atoms. The Hall–Kier alpha value is -1.41. The van der Waals surface area contributed by atoms with E-state index in [4.69, 9.17) is 4.74 Å². The molecular formula is C13H12OS. The molecular weight excluding hydrogens is 204 g/mol. The lowest BCUT2D eigenvalue weighted by Crippen LogP contribution is -1.88. The molecule has 0 unspecified atom stereocenters. The quantitative estimate of drug-likeness (QED) is 0.754. The Kier molecular flexibility index (Phi) is 2.97. The second-order valence-electron chi connectivity index (χ2n) is 3.22. The molecule has 2 rings (SSSR count). The fourth-order valence-electron chi connectivity index (χ4n) is 1.58. The molecule has 0 heterocycles. The van der Waals surface area contributed by atoms with Gasteiger partial charge in [0.25, 0.3) is 0 Å². The van der Waals surface area contributed by atoms with Gasteiger partial charge in [0.15, 0.2) is 0 Å². The van der Waals surface area contributed by atoms with Gasteiger partial charge in [-0.3, -0.25) is 0 Å². The van der Waals surface area contributed by atoms with Gasteiger partial charge in [0, 0.05) is 10.5 Å². The van der Waals surface area contributed by atoms with Gasteiger partial charge in [-0.15, -0.1) is 12.6 Å². The predicted octanol–water partition coefficient (Wildman–Crippen LogP) is 3.65. The van der Waals surface area contributed by atoms with Gasteiger partial charge < -0.3 is 4.74 Å². The van der Waals surface area contributed by atoms with Crippen molar-refractivity contribution in [3.05, 3.63) is 48.5 Å². The van der Waals surface area contributed by atoms with E-state index in [-0.39, 0.29) is 0 Å². The maximum atomic E-state index is 5.35. The standard InChI is InChI=1S/C13H12OS/c1-14-13-11(8-5-9-12(13)15)10-6-3-2-4-7-10/h2-9,15H,1H3. The highest BCUT2D eigenvalue weighted by Gasteiger charge is 2.07. The summed E-state index contributed by atoms with van der Waals surface area (Å²) in [5.41, 5.74) is 2.22. The van der Waals surface area contributed by atoms with Crippen LogP contribution in [-0.4, -0.2) is 7.11 Å². The Labute approximate surface area is 95.1 Å². The zero-order valence-corrected chi connectivity index (χ0v) is 9.37. The number of para-hydroxylation sites is 1. The van der Waals surface area contributed by atoms with Crippen molar-refractivity contribution in [3.63, 3.8) is 0 Å². The molecule has 0 aliphatic carbocycles. The number of thiol groups is 1. The number of rotatable bonds is 2. The van der Waals surface area contributed by atoms with Crippen LogP contribution in [0.5, 0.6) is 5.75 Å². The first-order chi connectivity index (χ1) is 7.33. The molecule has 0 radical (unpaired) electrons. The molecule has 2 aromatic carbocycles. The van der Waals surface area contributed by atoms with Crippen molar-refractivity contribution >= 4 is 12.6 Å². The van der Waals surface area contributed by atoms with Crippen molar-refractivity contribution in [2.75, 3.05) is 7.11 Å². The Morgan fingerprint density at radius 1 is 0.933 bits per heavy atom. The van der Waals surface area contributed by atoms with Crippen LogP contribution in [0.4, 0.5) is 0 Å². The van der Waals surface area contributed by atoms with E-state index in [9.17, 15) is 0 Å². The van der Waals surface area contributed by atoms with E-state index in [1.807, 2.05) is 36.4 Å². The van der Waals surface area contributed by atoms with E-state index in [1.54, 1.807) is 7.11 Å². The van der Waals surface area contributed by atoms with Gasteiger partial charge in [0.2, 0.25) is 0 Å². The van der Waals surface area contributed by atoms with Gasteiger partial charge in [-0.1, -0.05) is 42.5 Å². The molecule has 0 N–H and O–H groups in total. The van der Waals surface area contributed by atoms with Crippen molar-refractivity contribution in [2.45, 2.75) is 4.90 Å². The predicted molar refractivity (Wildman–Crippen MR) is 65.7 cm³/mol. The van der Waals surface area contributed by atoms with Crippen LogP contribution in [0.2, 0.25) is 0 Å². The number of hydrogen-bond acceptors (Lipinski definition) is 2. The summed E-state index contributed by atoms with van der Waals surface area (Å²) < 4.78 is 5.35. The van der Waals surface area contributed by atoms with Gasteiger partial charge in [-0.25, -0.2) is 0 Å². The third-order valence-corrected chi connectivity index (χ3v) is 2.64. The molecule has 76 valence electrons. The Balaban J connectivity index is 2.58. The minimum absolute atomic E-state index is 0.826. The highest BCUT2D eigenvalue weighted by atomic mass is 32.1. The van der Waals surface area contributed by atoms with Crippen LogP contribution in [0.1, 0.15) is 0 Å². The van der Waals surface area contributed by atoms with E-state index in [1.165, 1.54) is 0 Å². The van der Waals surface area contributed by atoms with Crippen molar-refractivity contribution in [2.24, 2.45) is 0 Å². The second-order valence-corrected chi connectivity index (χ2v) is 3.71. The summed E-state index contributed by atoms with van der Waals surface area (Å²) in [5.74, 6) is 0.826. The minimum atomic E-state index is 0.826. The molecule has 0 saturated carbocycles. The Morgan fingerprint density at radius 2 is 1.67 bits per heavy atom. The average Bonchev–Trinajstić information content (AvgIpc) is 2.30. The smallest absolute Gasteiger partial charge is 0.139 e. The van der Waals surface area contributed by atoms with Crippen molar-refractivity contribution < 1.29 is 4.74 Å². The van der Waals surface area contributed by atoms with E-state index in [0.717, 1.165) is 21.8 Å². The first kappa shape index (κ1) is 10.1. The molecule has 0 aliphatic rings. The maximum Gasteiger partial charge on any atom is 0.139 e. The Morgan fingerprint density at radius 3 is 2.33 bits per heavy atom. The SMILES string of the molecule is COc1c(S)cccc1-c1ccccc1. The summed E-state index contributed by atoms with van der Waals surface area (Å²) in [6.07, 6.45) is 0. The summed E-state index contributed by atoms with van der Waals surface area (Å²) in [7, 11) is 1.67. The normalized spacial score (nSPS) is 10.0. The highest BCUT2D eigenvalue weighted by molar-refractivity contribution is 7.80. The third-order valence-electron chi connectivity index (χ3n) is 2.28. The molecule has 0 saturated heterocycles. The molecule has 0 amide bonds.